The fourth-order valence-electron chi connectivity index (χ4n) is 10.8. The van der Waals surface area contributed by atoms with Gasteiger partial charge in [-0.15, -0.1) is 23.2 Å². The Balaban J connectivity index is 0.000000239. The van der Waals surface area contributed by atoms with Gasteiger partial charge in [0.05, 0.1) is 5.34 Å². The van der Waals surface area contributed by atoms with E-state index in [1.807, 2.05) is 37.3 Å². The van der Waals surface area contributed by atoms with Crippen molar-refractivity contribution in [2.24, 2.45) is 23.7 Å². The first kappa shape index (κ1) is 79.7. The molecule has 15 heteroatoms. The molecule has 5 fully saturated rings. The standard InChI is InChI=1S/C20H23N.C16H20ClNO2.C13H17NO.C13H17N.C8H10.C4H8O.C3H4Cl2O2.CH2Cl2/c1-17-15-21(16-19-10-6-3-7-11-19)13-12-20(17)14-18-8-4-2-5-9-18;1-12-11-18(16(19)20-13(2)17)9-8-15(12)10-14-6-4-3-5-7-14;1-11-9-14(8-7-13(11)15)10-12-5-3-2-4-6-12;1-11-10-14-8-7-13(11)9-12-5-3-2-4-6-12;1-2-8-6-4-3-5-7-8;1-2-4-5-3-1;1-2(4)7-3(5)6;2-1-3/h2-11,14,17H,12-13,15-16H2,1H3;3-7,10,12-13H,8-9,11H2,1-2H3;2-6,11H,7-10H2,1H3;2-6,9,11,14H,7-8,10H2,1H3;3-7H,2H2,1H3;1-4H2;2H,1H3;1H2/b20-14+;15-10+;;13-9+;;;;. The molecule has 5 aliphatic heterocycles. The van der Waals surface area contributed by atoms with E-state index < -0.39 is 16.6 Å². The summed E-state index contributed by atoms with van der Waals surface area (Å²) >= 11 is 25.1. The van der Waals surface area contributed by atoms with Crippen molar-refractivity contribution in [1.29, 1.82) is 0 Å². The van der Waals surface area contributed by atoms with Crippen LogP contribution in [0.1, 0.15) is 120 Å². The summed E-state index contributed by atoms with van der Waals surface area (Å²) in [6.45, 7) is 25.9. The Morgan fingerprint density at radius 2 is 0.903 bits per heavy atom. The van der Waals surface area contributed by atoms with Crippen LogP contribution in [0.2, 0.25) is 0 Å². The molecule has 6 aromatic rings. The highest BCUT2D eigenvalue weighted by molar-refractivity contribution is 6.61. The molecule has 0 saturated carbocycles. The van der Waals surface area contributed by atoms with Crippen molar-refractivity contribution in [1.82, 2.24) is 20.0 Å². The van der Waals surface area contributed by atoms with Gasteiger partial charge in [0.15, 0.2) is 11.1 Å². The van der Waals surface area contributed by atoms with E-state index in [2.05, 4.69) is 217 Å². The second-order valence-electron chi connectivity index (χ2n) is 23.6. The van der Waals surface area contributed by atoms with Crippen LogP contribution in [0.3, 0.4) is 0 Å². The molecule has 1 N–H and O–H groups in total. The molecular weight excluding hydrogens is 1270 g/mol. The van der Waals surface area contributed by atoms with Gasteiger partial charge in [0.25, 0.3) is 0 Å². The van der Waals surface area contributed by atoms with Crippen LogP contribution in [-0.4, -0.2) is 114 Å². The first-order chi connectivity index (χ1) is 45.0. The largest absolute Gasteiger partial charge is 0.434 e. The number of rotatable bonds is 10. The Bertz CT molecular complexity index is 3020. The van der Waals surface area contributed by atoms with Gasteiger partial charge in [0, 0.05) is 96.1 Å². The zero-order chi connectivity index (χ0) is 67.4. The Morgan fingerprint density at radius 1 is 0.527 bits per heavy atom. The Morgan fingerprint density at radius 3 is 1.24 bits per heavy atom. The summed E-state index contributed by atoms with van der Waals surface area (Å²) in [5.74, 6) is 2.29. The van der Waals surface area contributed by atoms with E-state index >= 15 is 0 Å². The predicted octanol–water partition coefficient (Wildman–Crippen LogP) is 20.0. The number of nitrogens with one attached hydrogen (secondary N) is 1. The van der Waals surface area contributed by atoms with Crippen molar-refractivity contribution in [2.45, 2.75) is 118 Å². The highest BCUT2D eigenvalue weighted by Gasteiger charge is 2.27. The lowest BCUT2D eigenvalue weighted by molar-refractivity contribution is -0.125. The zero-order valence-corrected chi connectivity index (χ0v) is 59.6. The number of ketones is 1. The molecule has 11 rings (SSSR count). The topological polar surface area (TPSA) is 101 Å². The first-order valence-electron chi connectivity index (χ1n) is 32.8. The average molecular weight is 1370 g/mol. The number of hydrogen-bond donors (Lipinski definition) is 1. The Kier molecular flexibility index (Phi) is 41.1. The molecule has 1 amide bonds. The van der Waals surface area contributed by atoms with Crippen molar-refractivity contribution in [2.75, 3.05) is 70.9 Å². The van der Waals surface area contributed by atoms with Crippen LogP contribution in [0.4, 0.5) is 9.59 Å². The molecule has 5 aliphatic rings. The fourth-order valence-corrected chi connectivity index (χ4v) is 11.2. The van der Waals surface area contributed by atoms with Gasteiger partial charge in [-0.05, 0) is 110 Å². The molecule has 6 unspecified atom stereocenters. The monoisotopic (exact) mass is 1360 g/mol. The lowest BCUT2D eigenvalue weighted by atomic mass is 9.91. The fraction of sp³-hybridized carbons (Fsp3) is 0.423. The molecule has 5 saturated heterocycles. The number of alkyl halides is 4. The molecule has 10 nitrogen and oxygen atoms in total. The smallest absolute Gasteiger partial charge is 0.411 e. The van der Waals surface area contributed by atoms with Gasteiger partial charge in [0.2, 0.25) is 0 Å². The SMILES string of the molecule is C1CCOC1.CC(Cl)OC(=O)Cl.CC(Cl)OC(=O)N1CC/C(=C\c2ccccc2)C(C)C1.CC1CN(Cc2ccccc2)CC/C1=C\c1ccccc1.CC1CN(Cc2ccccc2)CCC1=O.CC1CNCC/C1=C\c1ccccc1.CCc1ccccc1.ClCCl. The summed E-state index contributed by atoms with van der Waals surface area (Å²) in [6, 6.07) is 63.2. The minimum atomic E-state index is -0.873. The third-order valence-electron chi connectivity index (χ3n) is 15.9. The van der Waals surface area contributed by atoms with Crippen molar-refractivity contribution >= 4 is 93.5 Å². The molecule has 6 atom stereocenters. The number of aryl methyl sites for hydroxylation is 1. The van der Waals surface area contributed by atoms with E-state index in [9.17, 15) is 14.4 Å². The second-order valence-corrected chi connectivity index (χ2v) is 26.0. The summed E-state index contributed by atoms with van der Waals surface area (Å²) in [4.78, 5) is 39.6. The number of likely N-dealkylation sites (tertiary alicyclic amines) is 3. The van der Waals surface area contributed by atoms with E-state index in [0.29, 0.717) is 43.0 Å². The van der Waals surface area contributed by atoms with E-state index in [4.69, 9.17) is 67.5 Å². The van der Waals surface area contributed by atoms with Crippen LogP contribution in [0.25, 0.3) is 18.2 Å². The number of halogens is 5. The predicted molar refractivity (Wildman–Crippen MR) is 393 cm³/mol. The first-order valence-corrected chi connectivity index (χ1v) is 35.1. The van der Waals surface area contributed by atoms with Crippen LogP contribution in [-0.2, 0) is 38.5 Å². The Labute approximate surface area is 582 Å². The quantitative estimate of drug-likeness (QED) is 0.106. The summed E-state index contributed by atoms with van der Waals surface area (Å²) in [6.07, 6.45) is 14.3. The third kappa shape index (κ3) is 35.5. The summed E-state index contributed by atoms with van der Waals surface area (Å²) < 4.78 is 14.1. The molecule has 0 aliphatic carbocycles. The number of ether oxygens (including phenoxy) is 3. The van der Waals surface area contributed by atoms with Crippen molar-refractivity contribution in [3.63, 3.8) is 0 Å². The number of hydrogen-bond acceptors (Lipinski definition) is 9. The number of piperidine rings is 4. The van der Waals surface area contributed by atoms with Gasteiger partial charge < -0.3 is 24.4 Å². The van der Waals surface area contributed by atoms with Gasteiger partial charge in [-0.25, -0.2) is 9.59 Å². The van der Waals surface area contributed by atoms with Crippen LogP contribution >= 0.6 is 58.0 Å². The van der Waals surface area contributed by atoms with Gasteiger partial charge >= 0.3 is 11.5 Å². The summed E-state index contributed by atoms with van der Waals surface area (Å²) in [5, 5.41) is 3.60. The molecule has 0 bridgehead atoms. The maximum absolute atomic E-state index is 11.8. The minimum absolute atomic E-state index is 0.194. The lowest BCUT2D eigenvalue weighted by Gasteiger charge is -2.33. The average Bonchev–Trinajstić information content (AvgIpc) is 1.43. The normalized spacial score (nSPS) is 20.5. The summed E-state index contributed by atoms with van der Waals surface area (Å²) in [7, 11) is 0. The number of carbonyl (C=O) groups excluding carboxylic acids is 3. The molecule has 93 heavy (non-hydrogen) atoms. The minimum Gasteiger partial charge on any atom is -0.434 e. The third-order valence-corrected chi connectivity index (χ3v) is 16.2. The van der Waals surface area contributed by atoms with Gasteiger partial charge in [-0.1, -0.05) is 275 Å². The maximum Gasteiger partial charge on any atom is 0.411 e. The molecule has 504 valence electrons. The maximum atomic E-state index is 11.8. The van der Waals surface area contributed by atoms with Crippen LogP contribution in [0, 0.1) is 23.7 Å². The second kappa shape index (κ2) is 48.0. The van der Waals surface area contributed by atoms with E-state index in [0.717, 1.165) is 78.4 Å². The van der Waals surface area contributed by atoms with Crippen LogP contribution in [0.15, 0.2) is 199 Å². The van der Waals surface area contributed by atoms with Gasteiger partial charge in [-0.3, -0.25) is 14.6 Å². The van der Waals surface area contributed by atoms with Crippen molar-refractivity contribution < 1.29 is 28.6 Å². The number of nitrogens with zero attached hydrogens (tertiary/aromatic N) is 3. The number of benzene rings is 6. The number of carbonyl (C=O) groups is 3. The molecular formula is C78H101Cl5N4O6. The zero-order valence-electron chi connectivity index (χ0n) is 55.8. The highest BCUT2D eigenvalue weighted by atomic mass is 35.5. The van der Waals surface area contributed by atoms with E-state index in [-0.39, 0.29) is 17.4 Å². The molecule has 0 spiro atoms. The van der Waals surface area contributed by atoms with Gasteiger partial charge in [-0.2, -0.15) is 0 Å². The van der Waals surface area contributed by atoms with E-state index in [1.165, 1.54) is 71.6 Å². The van der Waals surface area contributed by atoms with Gasteiger partial charge in [0.1, 0.15) is 5.78 Å². The Hall–Kier alpha value is -5.76. The lowest BCUT2D eigenvalue weighted by Crippen LogP contribution is -2.41. The van der Waals surface area contributed by atoms with Crippen molar-refractivity contribution in [3.8, 4) is 0 Å². The molecule has 0 radical (unpaired) electrons. The number of Topliss-reactive ketones (excluding diaryl/α,β-unsaturated/α-hetero) is 1. The van der Waals surface area contributed by atoms with Crippen LogP contribution < -0.4 is 5.32 Å². The van der Waals surface area contributed by atoms with E-state index in [1.54, 1.807) is 23.0 Å². The highest BCUT2D eigenvalue weighted by Crippen LogP contribution is 2.28. The van der Waals surface area contributed by atoms with Crippen LogP contribution in [0.5, 0.6) is 0 Å². The number of amides is 1. The van der Waals surface area contributed by atoms with Crippen molar-refractivity contribution in [3.05, 3.63) is 232 Å². The summed E-state index contributed by atoms with van der Waals surface area (Å²) in [5.41, 5.74) is 10.5. The molecule has 0 aromatic heterocycles. The molecule has 6 aromatic carbocycles. The molecule has 5 heterocycles.